The standard InChI is InChI=1S/C44H44Cl2N6O3/c1-44(2,54-3)21-22-52-40-27-30(17-20-36(40)42(49-52)48-41-38(45)13-8-14-39(41)46)47-29-15-18-31(19-16-29)50-23-25-51(26-24-50)43(53)55-28-37-34-11-6-4-9-32(34)33-10-5-7-12-35(33)37/h4-20,27,37,47H,21-26,28H2,1-3H3,(H,48,49). The van der Waals surface area contributed by atoms with E-state index in [0.717, 1.165) is 47.5 Å². The van der Waals surface area contributed by atoms with Gasteiger partial charge in [0.2, 0.25) is 0 Å². The molecule has 1 aliphatic heterocycles. The molecule has 0 unspecified atom stereocenters. The summed E-state index contributed by atoms with van der Waals surface area (Å²) in [6.45, 7) is 7.79. The molecule has 2 N–H and O–H groups in total. The molecule has 55 heavy (non-hydrogen) atoms. The molecule has 8 rings (SSSR count). The van der Waals surface area contributed by atoms with Gasteiger partial charge in [0.05, 0.1) is 26.9 Å². The van der Waals surface area contributed by atoms with Crippen molar-refractivity contribution in [2.24, 2.45) is 0 Å². The number of carbonyl (C=O) groups excluding carboxylic acids is 1. The number of aryl methyl sites for hydroxylation is 1. The number of benzene rings is 5. The van der Waals surface area contributed by atoms with E-state index in [0.29, 0.717) is 47.8 Å². The van der Waals surface area contributed by atoms with Gasteiger partial charge in [-0.05, 0) is 97.1 Å². The number of nitrogens with zero attached hydrogens (tertiary/aromatic N) is 4. The van der Waals surface area contributed by atoms with Crippen LogP contribution in [0.3, 0.4) is 0 Å². The lowest BCUT2D eigenvalue weighted by molar-refractivity contribution is 0.0116. The van der Waals surface area contributed by atoms with Crippen LogP contribution in [-0.4, -0.2) is 66.3 Å². The number of methoxy groups -OCH3 is 1. The van der Waals surface area contributed by atoms with Crippen LogP contribution in [0.2, 0.25) is 10.0 Å². The normalized spacial score (nSPS) is 14.2. The Labute approximate surface area is 331 Å². The number of amides is 1. The monoisotopic (exact) mass is 774 g/mol. The van der Waals surface area contributed by atoms with Gasteiger partial charge in [-0.25, -0.2) is 4.79 Å². The van der Waals surface area contributed by atoms with Crippen molar-refractivity contribution in [3.63, 3.8) is 0 Å². The van der Waals surface area contributed by atoms with Crippen LogP contribution in [0, 0.1) is 0 Å². The van der Waals surface area contributed by atoms with E-state index < -0.39 is 0 Å². The second-order valence-corrected chi connectivity index (χ2v) is 15.5. The minimum Gasteiger partial charge on any atom is -0.448 e. The van der Waals surface area contributed by atoms with Crippen LogP contribution in [0.5, 0.6) is 0 Å². The number of para-hydroxylation sites is 1. The number of aromatic nitrogens is 2. The average molecular weight is 776 g/mol. The lowest BCUT2D eigenvalue weighted by Crippen LogP contribution is -2.49. The van der Waals surface area contributed by atoms with Crippen LogP contribution in [0.25, 0.3) is 22.0 Å². The first-order valence-corrected chi connectivity index (χ1v) is 19.4. The molecule has 1 saturated heterocycles. The maximum absolute atomic E-state index is 13.2. The summed E-state index contributed by atoms with van der Waals surface area (Å²) >= 11 is 13.0. The molecule has 282 valence electrons. The Balaban J connectivity index is 0.902. The second-order valence-electron chi connectivity index (χ2n) is 14.7. The van der Waals surface area contributed by atoms with Gasteiger partial charge < -0.3 is 29.9 Å². The van der Waals surface area contributed by atoms with Crippen LogP contribution < -0.4 is 15.5 Å². The number of fused-ring (bicyclic) bond motifs is 4. The maximum atomic E-state index is 13.2. The van der Waals surface area contributed by atoms with Crippen molar-refractivity contribution in [1.29, 1.82) is 0 Å². The van der Waals surface area contributed by atoms with Crippen molar-refractivity contribution >= 4 is 68.8 Å². The third-order valence-corrected chi connectivity index (χ3v) is 11.5. The van der Waals surface area contributed by atoms with Gasteiger partial charge in [-0.15, -0.1) is 0 Å². The van der Waals surface area contributed by atoms with Crippen molar-refractivity contribution in [1.82, 2.24) is 14.7 Å². The summed E-state index contributed by atoms with van der Waals surface area (Å²) in [6, 6.07) is 36.9. The Kier molecular flexibility index (Phi) is 10.3. The summed E-state index contributed by atoms with van der Waals surface area (Å²) in [5, 5.41) is 13.9. The quantitative estimate of drug-likeness (QED) is 0.136. The summed E-state index contributed by atoms with van der Waals surface area (Å²) in [6.07, 6.45) is 0.517. The first kappa shape index (κ1) is 36.7. The largest absolute Gasteiger partial charge is 0.448 e. The van der Waals surface area contributed by atoms with Gasteiger partial charge in [0.15, 0.2) is 5.82 Å². The van der Waals surface area contributed by atoms with Crippen LogP contribution in [0.15, 0.2) is 109 Å². The van der Waals surface area contributed by atoms with Crippen molar-refractivity contribution in [3.05, 3.63) is 130 Å². The summed E-state index contributed by atoms with van der Waals surface area (Å²) in [4.78, 5) is 17.3. The zero-order valence-electron chi connectivity index (χ0n) is 31.2. The summed E-state index contributed by atoms with van der Waals surface area (Å²) in [7, 11) is 1.73. The predicted octanol–water partition coefficient (Wildman–Crippen LogP) is 10.7. The van der Waals surface area contributed by atoms with Gasteiger partial charge in [0.25, 0.3) is 0 Å². The summed E-state index contributed by atoms with van der Waals surface area (Å²) in [5.41, 5.74) is 9.18. The summed E-state index contributed by atoms with van der Waals surface area (Å²) < 4.78 is 13.6. The second kappa shape index (κ2) is 15.5. The number of halogens is 2. The van der Waals surface area contributed by atoms with E-state index in [1.165, 1.54) is 22.3 Å². The number of rotatable bonds is 11. The van der Waals surface area contributed by atoms with E-state index in [1.807, 2.05) is 21.7 Å². The molecule has 0 bridgehead atoms. The smallest absolute Gasteiger partial charge is 0.409 e. The zero-order chi connectivity index (χ0) is 38.1. The van der Waals surface area contributed by atoms with Gasteiger partial charge >= 0.3 is 6.09 Å². The molecule has 11 heteroatoms. The molecular formula is C44H44Cl2N6O3. The van der Waals surface area contributed by atoms with Crippen molar-refractivity contribution < 1.29 is 14.3 Å². The molecule has 5 aromatic carbocycles. The molecule has 0 atom stereocenters. The Bertz CT molecular complexity index is 2270. The highest BCUT2D eigenvalue weighted by Crippen LogP contribution is 2.44. The highest BCUT2D eigenvalue weighted by atomic mass is 35.5. The molecule has 0 spiro atoms. The molecule has 1 amide bonds. The number of piperazine rings is 1. The van der Waals surface area contributed by atoms with E-state index >= 15 is 0 Å². The van der Waals surface area contributed by atoms with Gasteiger partial charge in [0.1, 0.15) is 6.61 Å². The average Bonchev–Trinajstić information content (AvgIpc) is 3.72. The van der Waals surface area contributed by atoms with Crippen LogP contribution in [0.4, 0.5) is 33.4 Å². The highest BCUT2D eigenvalue weighted by molar-refractivity contribution is 6.39. The fraction of sp³-hybridized carbons (Fsp3) is 0.273. The molecule has 1 aliphatic carbocycles. The van der Waals surface area contributed by atoms with Gasteiger partial charge in [-0.1, -0.05) is 77.8 Å². The number of hydrogen-bond donors (Lipinski definition) is 2. The minimum absolute atomic E-state index is 0.0514. The first-order chi connectivity index (χ1) is 26.7. The van der Waals surface area contributed by atoms with E-state index in [4.69, 9.17) is 37.8 Å². The van der Waals surface area contributed by atoms with Gasteiger partial charge in [-0.2, -0.15) is 5.10 Å². The Morgan fingerprint density at radius 1 is 0.800 bits per heavy atom. The zero-order valence-corrected chi connectivity index (χ0v) is 32.7. The van der Waals surface area contributed by atoms with Crippen molar-refractivity contribution in [3.8, 4) is 11.1 Å². The Morgan fingerprint density at radius 3 is 2.09 bits per heavy atom. The lowest BCUT2D eigenvalue weighted by atomic mass is 9.98. The highest BCUT2D eigenvalue weighted by Gasteiger charge is 2.30. The molecule has 1 aromatic heterocycles. The van der Waals surface area contributed by atoms with Crippen molar-refractivity contribution in [2.75, 3.05) is 55.4 Å². The van der Waals surface area contributed by atoms with Gasteiger partial charge in [-0.3, -0.25) is 4.68 Å². The summed E-state index contributed by atoms with van der Waals surface area (Å²) in [5.74, 6) is 0.727. The van der Waals surface area contributed by atoms with Crippen LogP contribution in [-0.2, 0) is 16.0 Å². The topological polar surface area (TPSA) is 83.9 Å². The van der Waals surface area contributed by atoms with Crippen molar-refractivity contribution in [2.45, 2.75) is 38.3 Å². The SMILES string of the molecule is COC(C)(C)CCn1nc(Nc2c(Cl)cccc2Cl)c2ccc(Nc3ccc(N4CCN(C(=O)OCC5c6ccccc6-c6ccccc65)CC4)cc3)cc21. The van der Waals surface area contributed by atoms with Crippen LogP contribution in [0.1, 0.15) is 37.3 Å². The van der Waals surface area contributed by atoms with E-state index in [2.05, 4.69) is 114 Å². The Hall–Kier alpha value is -5.22. The molecule has 1 fully saturated rings. The fourth-order valence-corrected chi connectivity index (χ4v) is 7.97. The van der Waals surface area contributed by atoms with Gasteiger partial charge in [0, 0.05) is 68.2 Å². The van der Waals surface area contributed by atoms with Crippen LogP contribution >= 0.6 is 23.2 Å². The minimum atomic E-state index is -0.304. The van der Waals surface area contributed by atoms with E-state index in [1.54, 1.807) is 19.2 Å². The molecule has 2 heterocycles. The molecule has 0 saturated carbocycles. The first-order valence-electron chi connectivity index (χ1n) is 18.7. The fourth-order valence-electron chi connectivity index (χ4n) is 7.48. The predicted molar refractivity (Wildman–Crippen MR) is 224 cm³/mol. The number of carbonyl (C=O) groups is 1. The molecule has 9 nitrogen and oxygen atoms in total. The number of nitrogens with one attached hydrogen (secondary N) is 2. The van der Waals surface area contributed by atoms with E-state index in [-0.39, 0.29) is 17.6 Å². The number of anilines is 5. The molecule has 0 radical (unpaired) electrons. The third kappa shape index (κ3) is 7.70. The lowest BCUT2D eigenvalue weighted by Gasteiger charge is -2.35. The molecular weight excluding hydrogens is 731 g/mol. The molecule has 2 aliphatic rings. The Morgan fingerprint density at radius 2 is 1.44 bits per heavy atom. The maximum Gasteiger partial charge on any atom is 0.409 e. The third-order valence-electron chi connectivity index (χ3n) is 10.8. The number of hydrogen-bond acceptors (Lipinski definition) is 7. The number of ether oxygens (including phenoxy) is 2. The van der Waals surface area contributed by atoms with E-state index in [9.17, 15) is 4.79 Å². The molecule has 6 aromatic rings.